The van der Waals surface area contributed by atoms with Crippen molar-refractivity contribution in [1.82, 2.24) is 0 Å². The maximum Gasteiger partial charge on any atom is -0.0162 e. The van der Waals surface area contributed by atoms with Gasteiger partial charge in [-0.1, -0.05) is 98.1 Å². The van der Waals surface area contributed by atoms with Crippen molar-refractivity contribution in [2.45, 2.75) is 58.3 Å². The van der Waals surface area contributed by atoms with Crippen LogP contribution in [0.4, 0.5) is 0 Å². The molecule has 1 saturated carbocycles. The maximum absolute atomic E-state index is 2.39. The molecule has 0 aliphatic heterocycles. The third-order valence-corrected chi connectivity index (χ3v) is 6.51. The molecule has 0 heteroatoms. The first kappa shape index (κ1) is 19.0. The highest BCUT2D eigenvalue weighted by Gasteiger charge is 2.19. The molecule has 28 heavy (non-hydrogen) atoms. The minimum Gasteiger partial charge on any atom is -0.0625 e. The van der Waals surface area contributed by atoms with E-state index in [-0.39, 0.29) is 0 Å². The predicted molar refractivity (Wildman–Crippen MR) is 121 cm³/mol. The molecule has 0 bridgehead atoms. The lowest BCUT2D eigenvalue weighted by Gasteiger charge is -2.26. The quantitative estimate of drug-likeness (QED) is 0.432. The van der Waals surface area contributed by atoms with Gasteiger partial charge in [0, 0.05) is 0 Å². The SMILES string of the molecule is Cc1ccc(CCc2ccc(-c3ccc(C4CCC(C)CC4)cc3)cc2)cc1. The lowest BCUT2D eigenvalue weighted by atomic mass is 9.79. The zero-order valence-corrected chi connectivity index (χ0v) is 17.3. The van der Waals surface area contributed by atoms with Crippen molar-refractivity contribution in [2.24, 2.45) is 5.92 Å². The van der Waals surface area contributed by atoms with Crippen LogP contribution in [0.3, 0.4) is 0 Å². The second-order valence-corrected chi connectivity index (χ2v) is 8.76. The zero-order valence-electron chi connectivity index (χ0n) is 17.3. The smallest absolute Gasteiger partial charge is 0.0162 e. The summed E-state index contributed by atoms with van der Waals surface area (Å²) in [7, 11) is 0. The highest BCUT2D eigenvalue weighted by Crippen LogP contribution is 2.36. The fraction of sp³-hybridized carbons (Fsp3) is 0.357. The summed E-state index contributed by atoms with van der Waals surface area (Å²) in [6.45, 7) is 4.54. The molecule has 0 spiro atoms. The number of hydrogen-bond donors (Lipinski definition) is 0. The molecular formula is C28H32. The van der Waals surface area contributed by atoms with Crippen LogP contribution in [0, 0.1) is 12.8 Å². The summed E-state index contributed by atoms with van der Waals surface area (Å²) in [4.78, 5) is 0. The average Bonchev–Trinajstić information content (AvgIpc) is 2.74. The van der Waals surface area contributed by atoms with Crippen LogP contribution in [0.1, 0.15) is 60.8 Å². The van der Waals surface area contributed by atoms with E-state index in [4.69, 9.17) is 0 Å². The number of rotatable bonds is 5. The normalized spacial score (nSPS) is 19.5. The van der Waals surface area contributed by atoms with Gasteiger partial charge >= 0.3 is 0 Å². The number of hydrogen-bond acceptors (Lipinski definition) is 0. The summed E-state index contributed by atoms with van der Waals surface area (Å²) in [6.07, 6.45) is 7.69. The molecule has 0 aromatic heterocycles. The first-order valence-corrected chi connectivity index (χ1v) is 10.9. The number of benzene rings is 3. The van der Waals surface area contributed by atoms with E-state index < -0.39 is 0 Å². The van der Waals surface area contributed by atoms with E-state index in [0.29, 0.717) is 0 Å². The number of aryl methyl sites for hydroxylation is 3. The zero-order chi connectivity index (χ0) is 19.3. The van der Waals surface area contributed by atoms with Crippen LogP contribution < -0.4 is 0 Å². The summed E-state index contributed by atoms with van der Waals surface area (Å²) in [5.41, 5.74) is 8.35. The Hall–Kier alpha value is -2.34. The molecule has 1 fully saturated rings. The summed E-state index contributed by atoms with van der Waals surface area (Å²) >= 11 is 0. The van der Waals surface area contributed by atoms with Gasteiger partial charge in [0.1, 0.15) is 0 Å². The Kier molecular flexibility index (Phi) is 5.95. The molecular weight excluding hydrogens is 336 g/mol. The van der Waals surface area contributed by atoms with Crippen molar-refractivity contribution < 1.29 is 0 Å². The second-order valence-electron chi connectivity index (χ2n) is 8.76. The van der Waals surface area contributed by atoms with Crippen LogP contribution >= 0.6 is 0 Å². The standard InChI is InChI=1S/C28H32/c1-21-3-7-23(8-4-21)9-10-24-11-15-26(16-12-24)28-19-17-27(18-20-28)25-13-5-22(2)6-14-25/h3-4,7-8,11-12,15-20,22,25H,5-6,9-10,13-14H2,1-2H3. The van der Waals surface area contributed by atoms with Gasteiger partial charge in [-0.25, -0.2) is 0 Å². The molecule has 144 valence electrons. The Morgan fingerprint density at radius 2 is 1.07 bits per heavy atom. The molecule has 0 nitrogen and oxygen atoms in total. The van der Waals surface area contributed by atoms with Gasteiger partial charge in [-0.2, -0.15) is 0 Å². The van der Waals surface area contributed by atoms with E-state index >= 15 is 0 Å². The van der Waals surface area contributed by atoms with Crippen LogP contribution in [0.25, 0.3) is 11.1 Å². The van der Waals surface area contributed by atoms with Crippen LogP contribution in [-0.2, 0) is 12.8 Å². The molecule has 0 radical (unpaired) electrons. The molecule has 0 atom stereocenters. The van der Waals surface area contributed by atoms with Crippen LogP contribution in [0.15, 0.2) is 72.8 Å². The van der Waals surface area contributed by atoms with Crippen molar-refractivity contribution in [3.05, 3.63) is 95.1 Å². The van der Waals surface area contributed by atoms with Gasteiger partial charge in [0.05, 0.1) is 0 Å². The molecule has 4 rings (SSSR count). The fourth-order valence-electron chi connectivity index (χ4n) is 4.45. The van der Waals surface area contributed by atoms with E-state index in [9.17, 15) is 0 Å². The highest BCUT2D eigenvalue weighted by atomic mass is 14.2. The van der Waals surface area contributed by atoms with Crippen molar-refractivity contribution in [3.8, 4) is 11.1 Å². The van der Waals surface area contributed by atoms with Crippen molar-refractivity contribution in [3.63, 3.8) is 0 Å². The molecule has 1 aliphatic rings. The average molecular weight is 369 g/mol. The van der Waals surface area contributed by atoms with Crippen molar-refractivity contribution >= 4 is 0 Å². The monoisotopic (exact) mass is 368 g/mol. The largest absolute Gasteiger partial charge is 0.0625 e. The fourth-order valence-corrected chi connectivity index (χ4v) is 4.45. The van der Waals surface area contributed by atoms with Crippen LogP contribution in [-0.4, -0.2) is 0 Å². The van der Waals surface area contributed by atoms with Gasteiger partial charge in [-0.3, -0.25) is 0 Å². The van der Waals surface area contributed by atoms with Crippen molar-refractivity contribution in [1.29, 1.82) is 0 Å². The second kappa shape index (κ2) is 8.78. The van der Waals surface area contributed by atoms with Gasteiger partial charge in [0.2, 0.25) is 0 Å². The first-order valence-electron chi connectivity index (χ1n) is 10.9. The minimum absolute atomic E-state index is 0.773. The van der Waals surface area contributed by atoms with Gasteiger partial charge < -0.3 is 0 Å². The highest BCUT2D eigenvalue weighted by molar-refractivity contribution is 5.64. The van der Waals surface area contributed by atoms with Gasteiger partial charge in [0.15, 0.2) is 0 Å². The van der Waals surface area contributed by atoms with E-state index in [1.165, 1.54) is 59.1 Å². The Bertz CT molecular complexity index is 861. The van der Waals surface area contributed by atoms with Gasteiger partial charge in [-0.15, -0.1) is 0 Å². The Morgan fingerprint density at radius 1 is 0.607 bits per heavy atom. The molecule has 3 aromatic carbocycles. The Morgan fingerprint density at radius 3 is 1.61 bits per heavy atom. The molecule has 0 unspecified atom stereocenters. The Labute approximate surface area is 170 Å². The van der Waals surface area contributed by atoms with Crippen LogP contribution in [0.5, 0.6) is 0 Å². The van der Waals surface area contributed by atoms with Crippen molar-refractivity contribution in [2.75, 3.05) is 0 Å². The van der Waals surface area contributed by atoms with E-state index in [1.807, 2.05) is 0 Å². The predicted octanol–water partition coefficient (Wildman–Crippen LogP) is 7.74. The maximum atomic E-state index is 2.39. The van der Waals surface area contributed by atoms with Crippen LogP contribution in [0.2, 0.25) is 0 Å². The first-order chi connectivity index (χ1) is 13.7. The summed E-state index contributed by atoms with van der Waals surface area (Å²) in [6, 6.07) is 27.4. The molecule has 0 N–H and O–H groups in total. The minimum atomic E-state index is 0.773. The molecule has 0 saturated heterocycles. The lowest BCUT2D eigenvalue weighted by molar-refractivity contribution is 0.348. The molecule has 0 amide bonds. The summed E-state index contributed by atoms with van der Waals surface area (Å²) in [5, 5.41) is 0. The summed E-state index contributed by atoms with van der Waals surface area (Å²) < 4.78 is 0. The topological polar surface area (TPSA) is 0 Å². The van der Waals surface area contributed by atoms with Gasteiger partial charge in [-0.05, 0) is 72.3 Å². The van der Waals surface area contributed by atoms with Gasteiger partial charge in [0.25, 0.3) is 0 Å². The molecule has 0 heterocycles. The molecule has 1 aliphatic carbocycles. The third-order valence-electron chi connectivity index (χ3n) is 6.51. The molecule has 3 aromatic rings. The van der Waals surface area contributed by atoms with E-state index in [0.717, 1.165) is 24.7 Å². The van der Waals surface area contributed by atoms with E-state index in [1.54, 1.807) is 0 Å². The lowest BCUT2D eigenvalue weighted by Crippen LogP contribution is -2.10. The Balaban J connectivity index is 1.37. The summed E-state index contributed by atoms with van der Waals surface area (Å²) in [5.74, 6) is 1.69. The van der Waals surface area contributed by atoms with E-state index in [2.05, 4.69) is 86.6 Å². The third kappa shape index (κ3) is 4.73.